The number of aromatic nitrogens is 1. The highest BCUT2D eigenvalue weighted by Gasteiger charge is 2.39. The molecule has 0 aromatic carbocycles. The Morgan fingerprint density at radius 3 is 2.55 bits per heavy atom. The molecule has 0 saturated heterocycles. The second-order valence-corrected chi connectivity index (χ2v) is 8.00. The molecule has 1 N–H and O–H groups in total. The Bertz CT molecular complexity index is 541. The van der Waals surface area contributed by atoms with E-state index in [0.29, 0.717) is 12.4 Å². The second kappa shape index (κ2) is 6.54. The summed E-state index contributed by atoms with van der Waals surface area (Å²) in [6.45, 7) is 6.07. The minimum Gasteiger partial charge on any atom is -0.492 e. The van der Waals surface area contributed by atoms with Crippen LogP contribution in [0.15, 0.2) is 18.5 Å². The molecule has 1 aromatic rings. The maximum absolute atomic E-state index is 12.0. The van der Waals surface area contributed by atoms with E-state index in [1.165, 1.54) is 6.26 Å². The fourth-order valence-electron chi connectivity index (χ4n) is 2.02. The van der Waals surface area contributed by atoms with Crippen LogP contribution in [0.5, 0.6) is 5.75 Å². The molecule has 0 aliphatic rings. The van der Waals surface area contributed by atoms with Gasteiger partial charge in [-0.25, -0.2) is 8.42 Å². The fraction of sp³-hybridized carbons (Fsp3) is 0.643. The van der Waals surface area contributed by atoms with Crippen molar-refractivity contribution < 1.29 is 13.2 Å². The maximum atomic E-state index is 12.0. The number of nitrogens with one attached hydrogen (secondary N) is 1. The predicted molar refractivity (Wildman–Crippen MR) is 80.7 cm³/mol. The molecule has 0 radical (unpaired) electrons. The lowest BCUT2D eigenvalue weighted by molar-refractivity contribution is 0.315. The first-order chi connectivity index (χ1) is 9.24. The third-order valence-corrected chi connectivity index (χ3v) is 5.63. The molecule has 5 nitrogen and oxygen atoms in total. The van der Waals surface area contributed by atoms with E-state index in [2.05, 4.69) is 10.3 Å². The number of sulfone groups is 1. The van der Waals surface area contributed by atoms with E-state index in [9.17, 15) is 8.42 Å². The van der Waals surface area contributed by atoms with Gasteiger partial charge in [0.2, 0.25) is 0 Å². The van der Waals surface area contributed by atoms with Crippen molar-refractivity contribution in [2.75, 3.05) is 19.9 Å². The van der Waals surface area contributed by atoms with Crippen molar-refractivity contribution in [3.63, 3.8) is 0 Å². The summed E-state index contributed by atoms with van der Waals surface area (Å²) < 4.78 is 28.6. The molecule has 0 saturated carbocycles. The summed E-state index contributed by atoms with van der Waals surface area (Å²) in [6.07, 6.45) is 5.48. The van der Waals surface area contributed by atoms with Crippen molar-refractivity contribution in [1.82, 2.24) is 10.3 Å². The molecular weight excluding hydrogens is 276 g/mol. The molecule has 0 bridgehead atoms. The number of hydrogen-bond donors (Lipinski definition) is 1. The van der Waals surface area contributed by atoms with Crippen LogP contribution < -0.4 is 10.1 Å². The molecule has 114 valence electrons. The Morgan fingerprint density at radius 1 is 1.40 bits per heavy atom. The van der Waals surface area contributed by atoms with Gasteiger partial charge in [0, 0.05) is 12.5 Å². The van der Waals surface area contributed by atoms with Crippen molar-refractivity contribution in [1.29, 1.82) is 0 Å². The lowest BCUT2D eigenvalue weighted by atomic mass is 9.96. The molecule has 0 aliphatic carbocycles. The minimum absolute atomic E-state index is 0.352. The number of pyridine rings is 1. The molecule has 1 unspecified atom stereocenters. The quantitative estimate of drug-likeness (QED) is 0.833. The number of nitrogens with zero attached hydrogens (tertiary/aromatic N) is 1. The average Bonchev–Trinajstić information content (AvgIpc) is 2.36. The van der Waals surface area contributed by atoms with Gasteiger partial charge in [0.25, 0.3) is 0 Å². The van der Waals surface area contributed by atoms with E-state index < -0.39 is 14.6 Å². The SMILES string of the molecule is CCCOc1cncc(C(NC)C(C)(C)S(C)(=O)=O)c1. The van der Waals surface area contributed by atoms with Crippen LogP contribution in [0.1, 0.15) is 38.8 Å². The number of ether oxygens (including phenoxy) is 1. The summed E-state index contributed by atoms with van der Waals surface area (Å²) in [4.78, 5) is 4.14. The molecule has 0 amide bonds. The van der Waals surface area contributed by atoms with Crippen LogP contribution in [-0.2, 0) is 9.84 Å². The van der Waals surface area contributed by atoms with Crippen molar-refractivity contribution in [3.05, 3.63) is 24.0 Å². The highest BCUT2D eigenvalue weighted by atomic mass is 32.2. The first-order valence-corrected chi connectivity index (χ1v) is 8.57. The zero-order chi connectivity index (χ0) is 15.4. The summed E-state index contributed by atoms with van der Waals surface area (Å²) >= 11 is 0. The molecule has 1 rings (SSSR count). The smallest absolute Gasteiger partial charge is 0.154 e. The average molecular weight is 300 g/mol. The van der Waals surface area contributed by atoms with E-state index in [1.807, 2.05) is 13.0 Å². The Balaban J connectivity index is 3.13. The van der Waals surface area contributed by atoms with Crippen LogP contribution in [0.3, 0.4) is 0 Å². The maximum Gasteiger partial charge on any atom is 0.154 e. The lowest BCUT2D eigenvalue weighted by Gasteiger charge is -2.32. The Morgan fingerprint density at radius 2 is 2.05 bits per heavy atom. The van der Waals surface area contributed by atoms with E-state index in [4.69, 9.17) is 4.74 Å². The van der Waals surface area contributed by atoms with Crippen LogP contribution in [-0.4, -0.2) is 38.1 Å². The number of hydrogen-bond acceptors (Lipinski definition) is 5. The highest BCUT2D eigenvalue weighted by Crippen LogP contribution is 2.32. The van der Waals surface area contributed by atoms with Crippen molar-refractivity contribution in [3.8, 4) is 5.75 Å². The predicted octanol–water partition coefficient (Wildman–Crippen LogP) is 1.95. The third kappa shape index (κ3) is 3.70. The van der Waals surface area contributed by atoms with E-state index in [0.717, 1.165) is 12.0 Å². The summed E-state index contributed by atoms with van der Waals surface area (Å²) in [5.74, 6) is 0.661. The minimum atomic E-state index is -3.22. The van der Waals surface area contributed by atoms with Crippen LogP contribution >= 0.6 is 0 Å². The van der Waals surface area contributed by atoms with Gasteiger partial charge in [-0.05, 0) is 38.9 Å². The molecule has 0 spiro atoms. The normalized spacial score (nSPS) is 14.1. The van der Waals surface area contributed by atoms with Gasteiger partial charge >= 0.3 is 0 Å². The van der Waals surface area contributed by atoms with E-state index >= 15 is 0 Å². The van der Waals surface area contributed by atoms with Crippen molar-refractivity contribution in [2.24, 2.45) is 0 Å². The first-order valence-electron chi connectivity index (χ1n) is 6.68. The van der Waals surface area contributed by atoms with Crippen LogP contribution in [0.25, 0.3) is 0 Å². The van der Waals surface area contributed by atoms with Crippen LogP contribution in [0.2, 0.25) is 0 Å². The Kier molecular flexibility index (Phi) is 5.53. The molecule has 0 fully saturated rings. The fourth-order valence-corrected chi connectivity index (χ4v) is 2.70. The molecule has 1 atom stereocenters. The van der Waals surface area contributed by atoms with Crippen LogP contribution in [0.4, 0.5) is 0 Å². The highest BCUT2D eigenvalue weighted by molar-refractivity contribution is 7.92. The van der Waals surface area contributed by atoms with Gasteiger partial charge in [-0.2, -0.15) is 0 Å². The standard InChI is InChI=1S/C14H24N2O3S/c1-6-7-19-12-8-11(9-16-10-12)13(15-4)14(2,3)20(5,17)18/h8-10,13,15H,6-7H2,1-5H3. The topological polar surface area (TPSA) is 68.3 Å². The van der Waals surface area contributed by atoms with Gasteiger partial charge in [0.15, 0.2) is 9.84 Å². The number of rotatable bonds is 7. The summed E-state index contributed by atoms with van der Waals surface area (Å²) in [6, 6.07) is 1.49. The third-order valence-electron chi connectivity index (χ3n) is 3.48. The molecule has 1 heterocycles. The Hall–Kier alpha value is -1.14. The Labute approximate surface area is 121 Å². The van der Waals surface area contributed by atoms with Gasteiger partial charge in [-0.1, -0.05) is 6.92 Å². The zero-order valence-electron chi connectivity index (χ0n) is 12.8. The van der Waals surface area contributed by atoms with Crippen LogP contribution in [0, 0.1) is 0 Å². The van der Waals surface area contributed by atoms with Gasteiger partial charge in [0.1, 0.15) is 5.75 Å². The van der Waals surface area contributed by atoms with E-state index in [-0.39, 0.29) is 6.04 Å². The molecular formula is C14H24N2O3S. The summed E-state index contributed by atoms with van der Waals surface area (Å²) in [5.41, 5.74) is 0.802. The first kappa shape index (κ1) is 16.9. The summed E-state index contributed by atoms with van der Waals surface area (Å²) in [5, 5.41) is 3.07. The molecule has 0 aliphatic heterocycles. The largest absolute Gasteiger partial charge is 0.492 e. The van der Waals surface area contributed by atoms with Gasteiger partial charge < -0.3 is 10.1 Å². The second-order valence-electron chi connectivity index (χ2n) is 5.40. The zero-order valence-corrected chi connectivity index (χ0v) is 13.6. The van der Waals surface area contributed by atoms with Gasteiger partial charge in [-0.3, -0.25) is 4.98 Å². The lowest BCUT2D eigenvalue weighted by Crippen LogP contribution is -2.43. The molecule has 20 heavy (non-hydrogen) atoms. The van der Waals surface area contributed by atoms with Gasteiger partial charge in [-0.15, -0.1) is 0 Å². The molecule has 6 heteroatoms. The van der Waals surface area contributed by atoms with Crippen molar-refractivity contribution in [2.45, 2.75) is 38.0 Å². The van der Waals surface area contributed by atoms with Gasteiger partial charge in [0.05, 0.1) is 23.6 Å². The summed E-state index contributed by atoms with van der Waals surface area (Å²) in [7, 11) is -1.48. The molecule has 1 aromatic heterocycles. The monoisotopic (exact) mass is 300 g/mol. The van der Waals surface area contributed by atoms with Crippen molar-refractivity contribution >= 4 is 9.84 Å². The van der Waals surface area contributed by atoms with E-state index in [1.54, 1.807) is 33.3 Å².